The molecule has 0 aromatic heterocycles. The van der Waals surface area contributed by atoms with Crippen molar-refractivity contribution < 1.29 is 39.0 Å². The quantitative estimate of drug-likeness (QED) is 0.187. The number of aliphatic hydroxyl groups is 1. The average molecular weight is 764 g/mol. The normalized spacial score (nSPS) is 26.4. The lowest BCUT2D eigenvalue weighted by Gasteiger charge is -2.38. The zero-order valence-electron chi connectivity index (χ0n) is 32.6. The van der Waals surface area contributed by atoms with Crippen LogP contribution in [-0.4, -0.2) is 112 Å². The Bertz CT molecular complexity index is 1660. The number of amides is 6. The van der Waals surface area contributed by atoms with E-state index in [1.54, 1.807) is 24.0 Å². The summed E-state index contributed by atoms with van der Waals surface area (Å²) < 4.78 is 0. The SMILES string of the molecule is CC(C)C[C@@H]1NC(=O)[C@H](CO)NC(=O)[C@@H]2CCCN2[C@H](C(=O)NC(C)(C)C)[C@H](C)NC(=O)[C@H](Cc2ccccc2)NC(=O)[C@H](Cc2ccc(O)cc2)NC1=O. The van der Waals surface area contributed by atoms with E-state index in [0.29, 0.717) is 24.9 Å². The van der Waals surface area contributed by atoms with E-state index in [9.17, 15) is 39.0 Å². The Hall–Kier alpha value is -5.02. The maximum atomic E-state index is 14.3. The number of carbonyl (C=O) groups is 6. The lowest BCUT2D eigenvalue weighted by Crippen LogP contribution is -2.65. The molecule has 0 spiro atoms. The summed E-state index contributed by atoms with van der Waals surface area (Å²) in [6.07, 6.45) is 1.10. The largest absolute Gasteiger partial charge is 0.508 e. The zero-order chi connectivity index (χ0) is 40.4. The predicted molar refractivity (Wildman–Crippen MR) is 205 cm³/mol. The van der Waals surface area contributed by atoms with E-state index in [4.69, 9.17) is 0 Å². The van der Waals surface area contributed by atoms with Crippen molar-refractivity contribution in [1.29, 1.82) is 0 Å². The van der Waals surface area contributed by atoms with Crippen molar-refractivity contribution in [3.8, 4) is 5.75 Å². The first kappa shape index (κ1) is 42.7. The number of rotatable bonds is 8. The smallest absolute Gasteiger partial charge is 0.245 e. The fourth-order valence-corrected chi connectivity index (χ4v) is 7.03. The van der Waals surface area contributed by atoms with E-state index < -0.39 is 89.9 Å². The minimum Gasteiger partial charge on any atom is -0.508 e. The van der Waals surface area contributed by atoms with Crippen molar-refractivity contribution in [2.24, 2.45) is 5.92 Å². The van der Waals surface area contributed by atoms with Crippen molar-refractivity contribution in [2.75, 3.05) is 13.2 Å². The number of nitrogens with zero attached hydrogens (tertiary/aromatic N) is 1. The van der Waals surface area contributed by atoms with Crippen molar-refractivity contribution in [3.05, 3.63) is 65.7 Å². The number of hydrogen-bond acceptors (Lipinski definition) is 9. The van der Waals surface area contributed by atoms with Gasteiger partial charge in [0.15, 0.2) is 0 Å². The molecule has 2 heterocycles. The molecular weight excluding hydrogens is 706 g/mol. The van der Waals surface area contributed by atoms with Crippen molar-refractivity contribution >= 4 is 35.4 Å². The minimum atomic E-state index is -1.43. The van der Waals surface area contributed by atoms with Crippen LogP contribution >= 0.6 is 0 Å². The van der Waals surface area contributed by atoms with Gasteiger partial charge < -0.3 is 42.1 Å². The summed E-state index contributed by atoms with van der Waals surface area (Å²) in [6, 6.07) is 7.40. The van der Waals surface area contributed by atoms with Gasteiger partial charge in [-0.2, -0.15) is 0 Å². The van der Waals surface area contributed by atoms with Gasteiger partial charge in [0, 0.05) is 18.4 Å². The lowest BCUT2D eigenvalue weighted by atomic mass is 9.99. The van der Waals surface area contributed by atoms with E-state index in [1.807, 2.05) is 65.0 Å². The number of nitrogens with one attached hydrogen (secondary N) is 6. The number of fused-ring (bicyclic) bond motifs is 1. The third-order valence-corrected chi connectivity index (χ3v) is 9.64. The van der Waals surface area contributed by atoms with Gasteiger partial charge in [0.25, 0.3) is 0 Å². The van der Waals surface area contributed by atoms with Gasteiger partial charge in [-0.3, -0.25) is 33.7 Å². The van der Waals surface area contributed by atoms with E-state index in [-0.39, 0.29) is 30.9 Å². The minimum absolute atomic E-state index is 0.00985. The summed E-state index contributed by atoms with van der Waals surface area (Å²) in [5, 5.41) is 37.0. The van der Waals surface area contributed by atoms with Crippen LogP contribution in [0.3, 0.4) is 0 Å². The summed E-state index contributed by atoms with van der Waals surface area (Å²) in [5.41, 5.74) is 0.685. The lowest BCUT2D eigenvalue weighted by molar-refractivity contribution is -0.138. The second kappa shape index (κ2) is 19.0. The Labute approximate surface area is 322 Å². The molecule has 2 fully saturated rings. The molecule has 2 saturated heterocycles. The highest BCUT2D eigenvalue weighted by atomic mass is 16.3. The average Bonchev–Trinajstić information content (AvgIpc) is 3.59. The van der Waals surface area contributed by atoms with Crippen molar-refractivity contribution in [1.82, 2.24) is 36.8 Å². The van der Waals surface area contributed by atoms with Gasteiger partial charge in [-0.15, -0.1) is 0 Å². The van der Waals surface area contributed by atoms with Crippen molar-refractivity contribution in [2.45, 2.75) is 121 Å². The summed E-state index contributed by atoms with van der Waals surface area (Å²) in [5.74, 6) is -3.84. The molecule has 4 rings (SSSR count). The second-order valence-electron chi connectivity index (χ2n) is 16.0. The number of carbonyl (C=O) groups excluding carboxylic acids is 6. The number of phenols is 1. The van der Waals surface area contributed by atoms with E-state index in [2.05, 4.69) is 31.9 Å². The standard InChI is InChI=1S/C40H57N7O8/c1-23(2)19-28-35(51)44-30(21-26-14-16-27(49)17-15-26)36(52)43-29(20-25-11-8-7-9-12-25)34(50)41-24(3)33(39(55)46-40(4,5)6)47-18-10-13-32(47)38(54)45-31(22-48)37(53)42-28/h7-9,11-12,14-17,23-24,28-33,48-49H,10,13,18-22H2,1-6H3,(H,41,50)(H,42,53)(H,43,52)(H,44,51)(H,45,54)(H,46,55)/t24-,28-,29-,30-,31-,32-,33-/m0/s1. The van der Waals surface area contributed by atoms with Gasteiger partial charge in [-0.1, -0.05) is 56.3 Å². The molecule has 0 radical (unpaired) electrons. The Morgan fingerprint density at radius 2 is 1.27 bits per heavy atom. The van der Waals surface area contributed by atoms with Crippen LogP contribution in [0.4, 0.5) is 0 Å². The number of hydrogen-bond donors (Lipinski definition) is 8. The van der Waals surface area contributed by atoms with Gasteiger partial charge in [-0.05, 0) is 82.7 Å². The maximum absolute atomic E-state index is 14.3. The molecule has 300 valence electrons. The first-order chi connectivity index (χ1) is 25.9. The molecule has 0 aliphatic carbocycles. The molecule has 0 unspecified atom stereocenters. The summed E-state index contributed by atoms with van der Waals surface area (Å²) >= 11 is 0. The topological polar surface area (TPSA) is 218 Å². The monoisotopic (exact) mass is 763 g/mol. The van der Waals surface area contributed by atoms with E-state index in [1.165, 1.54) is 12.1 Å². The van der Waals surface area contributed by atoms with Crippen LogP contribution in [0.25, 0.3) is 0 Å². The van der Waals surface area contributed by atoms with E-state index >= 15 is 0 Å². The molecular formula is C40H57N7O8. The van der Waals surface area contributed by atoms with Crippen LogP contribution in [0.15, 0.2) is 54.6 Å². The van der Waals surface area contributed by atoms with Gasteiger partial charge in [-0.25, -0.2) is 0 Å². The number of benzene rings is 2. The third-order valence-electron chi connectivity index (χ3n) is 9.64. The molecule has 2 aliphatic rings. The molecule has 7 atom stereocenters. The van der Waals surface area contributed by atoms with Crippen molar-refractivity contribution in [3.63, 3.8) is 0 Å². The van der Waals surface area contributed by atoms with Crippen LogP contribution in [0.1, 0.15) is 71.9 Å². The summed E-state index contributed by atoms with van der Waals surface area (Å²) in [6.45, 7) is 10.4. The highest BCUT2D eigenvalue weighted by Gasteiger charge is 2.44. The molecule has 2 aromatic rings. The molecule has 15 heteroatoms. The number of phenolic OH excluding ortho intramolecular Hbond substituents is 1. The van der Waals surface area contributed by atoms with Crippen LogP contribution < -0.4 is 31.9 Å². The summed E-state index contributed by atoms with van der Waals surface area (Å²) in [4.78, 5) is 85.7. The Balaban J connectivity index is 1.80. The molecule has 8 N–H and O–H groups in total. The first-order valence-electron chi connectivity index (χ1n) is 19.0. The zero-order valence-corrected chi connectivity index (χ0v) is 32.6. The van der Waals surface area contributed by atoms with Gasteiger partial charge in [0.2, 0.25) is 35.4 Å². The molecule has 15 nitrogen and oxygen atoms in total. The predicted octanol–water partition coefficient (Wildman–Crippen LogP) is 0.421. The van der Waals surface area contributed by atoms with E-state index in [0.717, 1.165) is 5.56 Å². The number of aliphatic hydroxyl groups excluding tert-OH is 1. The van der Waals surface area contributed by atoms with Crippen LogP contribution in [0.2, 0.25) is 0 Å². The fourth-order valence-electron chi connectivity index (χ4n) is 7.03. The fraction of sp³-hybridized carbons (Fsp3) is 0.550. The summed E-state index contributed by atoms with van der Waals surface area (Å²) in [7, 11) is 0. The maximum Gasteiger partial charge on any atom is 0.245 e. The van der Waals surface area contributed by atoms with Crippen LogP contribution in [0.5, 0.6) is 5.75 Å². The van der Waals surface area contributed by atoms with Crippen LogP contribution in [0, 0.1) is 5.92 Å². The van der Waals surface area contributed by atoms with Gasteiger partial charge >= 0.3 is 0 Å². The highest BCUT2D eigenvalue weighted by Crippen LogP contribution is 2.24. The molecule has 2 aromatic carbocycles. The first-order valence-corrected chi connectivity index (χ1v) is 19.0. The Morgan fingerprint density at radius 1 is 0.764 bits per heavy atom. The molecule has 2 aliphatic heterocycles. The molecule has 55 heavy (non-hydrogen) atoms. The molecule has 0 bridgehead atoms. The Kier molecular flexibility index (Phi) is 14.8. The van der Waals surface area contributed by atoms with Gasteiger partial charge in [0.1, 0.15) is 36.0 Å². The number of aromatic hydroxyl groups is 1. The third kappa shape index (κ3) is 12.2. The second-order valence-corrected chi connectivity index (χ2v) is 16.0. The van der Waals surface area contributed by atoms with Crippen LogP contribution in [-0.2, 0) is 41.6 Å². The molecule has 0 saturated carbocycles. The Morgan fingerprint density at radius 3 is 1.84 bits per heavy atom. The van der Waals surface area contributed by atoms with Gasteiger partial charge in [0.05, 0.1) is 18.7 Å². The molecule has 6 amide bonds. The highest BCUT2D eigenvalue weighted by molar-refractivity contribution is 5.96.